The van der Waals surface area contributed by atoms with Gasteiger partial charge in [-0.2, -0.15) is 8.42 Å². The van der Waals surface area contributed by atoms with Gasteiger partial charge in [0.2, 0.25) is 0 Å². The minimum Gasteiger partial charge on any atom is -0.336 e. The molecule has 5 nitrogen and oxygen atoms in total. The lowest BCUT2D eigenvalue weighted by molar-refractivity contribution is -0.0767. The first-order chi connectivity index (χ1) is 5.58. The first kappa shape index (κ1) is 9.91. The summed E-state index contributed by atoms with van der Waals surface area (Å²) in [5.74, 6) is 0. The Labute approximate surface area is 72.2 Å². The molecule has 0 aromatic rings. The fourth-order valence-corrected chi connectivity index (χ4v) is 1.51. The zero-order chi connectivity index (χ0) is 9.03. The van der Waals surface area contributed by atoms with Crippen LogP contribution >= 0.6 is 0 Å². The first-order valence-corrected chi connectivity index (χ1v) is 5.60. The maximum atomic E-state index is 10.7. The van der Waals surface area contributed by atoms with Crippen molar-refractivity contribution in [3.05, 3.63) is 0 Å². The summed E-state index contributed by atoms with van der Waals surface area (Å²) in [6, 6.07) is 0. The summed E-state index contributed by atoms with van der Waals surface area (Å²) in [5, 5.41) is 2.97. The van der Waals surface area contributed by atoms with E-state index >= 15 is 0 Å². The topological polar surface area (TPSA) is 64.6 Å². The van der Waals surface area contributed by atoms with Crippen molar-refractivity contribution in [3.63, 3.8) is 0 Å². The van der Waals surface area contributed by atoms with Crippen molar-refractivity contribution in [1.29, 1.82) is 0 Å². The SMILES string of the molecule is CS(=O)(=O)OC1CCCNCO1. The third-order valence-corrected chi connectivity index (χ3v) is 2.01. The molecule has 0 spiro atoms. The highest BCUT2D eigenvalue weighted by Crippen LogP contribution is 2.08. The second-order valence-electron chi connectivity index (χ2n) is 2.68. The van der Waals surface area contributed by atoms with E-state index in [4.69, 9.17) is 4.74 Å². The van der Waals surface area contributed by atoms with Crippen LogP contribution in [-0.2, 0) is 19.0 Å². The number of rotatable bonds is 2. The van der Waals surface area contributed by atoms with Crippen molar-refractivity contribution in [3.8, 4) is 0 Å². The highest BCUT2D eigenvalue weighted by atomic mass is 32.2. The predicted octanol–water partition coefficient (Wildman–Crippen LogP) is -0.354. The zero-order valence-corrected chi connectivity index (χ0v) is 7.76. The van der Waals surface area contributed by atoms with Crippen LogP contribution in [0.3, 0.4) is 0 Å². The van der Waals surface area contributed by atoms with E-state index in [1.807, 2.05) is 0 Å². The molecule has 0 amide bonds. The standard InChI is InChI=1S/C6H13NO4S/c1-12(8,9)11-6-3-2-4-7-5-10-6/h6-7H,2-5H2,1H3. The molecule has 0 bridgehead atoms. The second kappa shape index (κ2) is 4.18. The number of ether oxygens (including phenoxy) is 1. The van der Waals surface area contributed by atoms with Gasteiger partial charge in [-0.05, 0) is 13.0 Å². The Bertz CT molecular complexity index is 218. The molecule has 1 aliphatic heterocycles. The smallest absolute Gasteiger partial charge is 0.266 e. The molecule has 72 valence electrons. The van der Waals surface area contributed by atoms with Gasteiger partial charge in [-0.15, -0.1) is 0 Å². The summed E-state index contributed by atoms with van der Waals surface area (Å²) in [5.41, 5.74) is 0. The lowest BCUT2D eigenvalue weighted by atomic mass is 10.3. The van der Waals surface area contributed by atoms with E-state index < -0.39 is 16.4 Å². The van der Waals surface area contributed by atoms with Gasteiger partial charge in [0, 0.05) is 6.42 Å². The minimum atomic E-state index is -3.39. The molecular formula is C6H13NO4S. The second-order valence-corrected chi connectivity index (χ2v) is 4.28. The molecule has 1 saturated heterocycles. The zero-order valence-electron chi connectivity index (χ0n) is 6.95. The van der Waals surface area contributed by atoms with E-state index in [-0.39, 0.29) is 0 Å². The van der Waals surface area contributed by atoms with Crippen molar-refractivity contribution in [2.45, 2.75) is 19.1 Å². The first-order valence-electron chi connectivity index (χ1n) is 3.78. The van der Waals surface area contributed by atoms with E-state index in [2.05, 4.69) is 9.50 Å². The van der Waals surface area contributed by atoms with Crippen LogP contribution in [0.5, 0.6) is 0 Å². The fraction of sp³-hybridized carbons (Fsp3) is 1.00. The summed E-state index contributed by atoms with van der Waals surface area (Å²) in [4.78, 5) is 0. The van der Waals surface area contributed by atoms with E-state index in [0.29, 0.717) is 13.2 Å². The molecule has 1 unspecified atom stereocenters. The van der Waals surface area contributed by atoms with Crippen molar-refractivity contribution >= 4 is 10.1 Å². The van der Waals surface area contributed by atoms with Crippen LogP contribution in [0.25, 0.3) is 0 Å². The largest absolute Gasteiger partial charge is 0.336 e. The molecule has 0 saturated carbocycles. The number of hydrogen-bond donors (Lipinski definition) is 1. The predicted molar refractivity (Wildman–Crippen MR) is 42.9 cm³/mol. The summed E-state index contributed by atoms with van der Waals surface area (Å²) in [6.45, 7) is 1.18. The van der Waals surface area contributed by atoms with E-state index in [0.717, 1.165) is 19.2 Å². The summed E-state index contributed by atoms with van der Waals surface area (Å²) in [6.07, 6.45) is 1.88. The molecule has 1 N–H and O–H groups in total. The third-order valence-electron chi connectivity index (χ3n) is 1.45. The highest BCUT2D eigenvalue weighted by Gasteiger charge is 2.17. The normalized spacial score (nSPS) is 26.6. The molecule has 1 fully saturated rings. The summed E-state index contributed by atoms with van der Waals surface area (Å²) < 4.78 is 31.1. The van der Waals surface area contributed by atoms with Gasteiger partial charge < -0.3 is 4.74 Å². The van der Waals surface area contributed by atoms with Crippen molar-refractivity contribution in [1.82, 2.24) is 5.32 Å². The molecular weight excluding hydrogens is 182 g/mol. The third kappa shape index (κ3) is 4.01. The molecule has 1 atom stereocenters. The van der Waals surface area contributed by atoms with E-state index in [1.54, 1.807) is 0 Å². The Balaban J connectivity index is 2.40. The van der Waals surface area contributed by atoms with Crippen molar-refractivity contribution in [2.24, 2.45) is 0 Å². The van der Waals surface area contributed by atoms with Gasteiger partial charge in [0.15, 0.2) is 6.29 Å². The van der Waals surface area contributed by atoms with Crippen LogP contribution in [0.15, 0.2) is 0 Å². The van der Waals surface area contributed by atoms with Gasteiger partial charge in [0.05, 0.1) is 13.0 Å². The Morgan fingerprint density at radius 3 is 3.00 bits per heavy atom. The van der Waals surface area contributed by atoms with Crippen molar-refractivity contribution in [2.75, 3.05) is 19.5 Å². The quantitative estimate of drug-likeness (QED) is 0.610. The van der Waals surface area contributed by atoms with Gasteiger partial charge in [-0.1, -0.05) is 0 Å². The van der Waals surface area contributed by atoms with Gasteiger partial charge in [0.1, 0.15) is 0 Å². The van der Waals surface area contributed by atoms with Crippen LogP contribution in [-0.4, -0.2) is 34.2 Å². The van der Waals surface area contributed by atoms with Crippen LogP contribution in [0.1, 0.15) is 12.8 Å². The van der Waals surface area contributed by atoms with Crippen LogP contribution in [0, 0.1) is 0 Å². The van der Waals surface area contributed by atoms with Gasteiger partial charge >= 0.3 is 0 Å². The van der Waals surface area contributed by atoms with E-state index in [9.17, 15) is 8.42 Å². The average molecular weight is 195 g/mol. The Morgan fingerprint density at radius 1 is 1.58 bits per heavy atom. The summed E-state index contributed by atoms with van der Waals surface area (Å²) in [7, 11) is -3.39. The van der Waals surface area contributed by atoms with Crippen molar-refractivity contribution < 1.29 is 17.3 Å². The maximum absolute atomic E-state index is 10.7. The van der Waals surface area contributed by atoms with E-state index in [1.165, 1.54) is 0 Å². The summed E-state index contributed by atoms with van der Waals surface area (Å²) >= 11 is 0. The monoisotopic (exact) mass is 195 g/mol. The lowest BCUT2D eigenvalue weighted by Crippen LogP contribution is -2.22. The lowest BCUT2D eigenvalue weighted by Gasteiger charge is -2.12. The van der Waals surface area contributed by atoms with Gasteiger partial charge in [0.25, 0.3) is 10.1 Å². The fourth-order valence-electron chi connectivity index (χ4n) is 0.972. The molecule has 1 heterocycles. The van der Waals surface area contributed by atoms with Crippen LogP contribution in [0.2, 0.25) is 0 Å². The van der Waals surface area contributed by atoms with Gasteiger partial charge in [-0.3, -0.25) is 5.32 Å². The van der Waals surface area contributed by atoms with Gasteiger partial charge in [-0.25, -0.2) is 4.18 Å². The number of hydrogen-bond acceptors (Lipinski definition) is 5. The molecule has 0 aromatic heterocycles. The number of nitrogens with one attached hydrogen (secondary N) is 1. The maximum Gasteiger partial charge on any atom is 0.266 e. The molecule has 1 rings (SSSR count). The molecule has 0 aromatic carbocycles. The minimum absolute atomic E-state index is 0.347. The highest BCUT2D eigenvalue weighted by molar-refractivity contribution is 7.86. The molecule has 1 aliphatic rings. The molecule has 6 heteroatoms. The molecule has 12 heavy (non-hydrogen) atoms. The molecule has 0 radical (unpaired) electrons. The van der Waals surface area contributed by atoms with Crippen LogP contribution < -0.4 is 5.32 Å². The molecule has 0 aliphatic carbocycles. The Morgan fingerprint density at radius 2 is 2.33 bits per heavy atom. The average Bonchev–Trinajstić information content (AvgIpc) is 2.12. The Kier molecular flexibility index (Phi) is 3.45. The van der Waals surface area contributed by atoms with Crippen LogP contribution in [0.4, 0.5) is 0 Å². The Hall–Kier alpha value is -0.170.